The highest BCUT2D eigenvalue weighted by atomic mass is 16.5. The molecular weight excluding hydrogens is 238 g/mol. The Morgan fingerprint density at radius 1 is 1.37 bits per heavy atom. The van der Waals surface area contributed by atoms with Crippen LogP contribution in [0.2, 0.25) is 0 Å². The van der Waals surface area contributed by atoms with E-state index < -0.39 is 0 Å². The Morgan fingerprint density at radius 2 is 2.11 bits per heavy atom. The van der Waals surface area contributed by atoms with Crippen LogP contribution in [-0.4, -0.2) is 6.61 Å². The summed E-state index contributed by atoms with van der Waals surface area (Å²) in [5, 5.41) is 20.1. The average molecular weight is 255 g/mol. The Bertz CT molecular complexity index is 505. The first kappa shape index (κ1) is 14.6. The molecule has 98 valence electrons. The van der Waals surface area contributed by atoms with Gasteiger partial charge >= 0.3 is 0 Å². The summed E-state index contributed by atoms with van der Waals surface area (Å²) in [5.41, 5.74) is 0.816. The fourth-order valence-electron chi connectivity index (χ4n) is 1.33. The maximum absolute atomic E-state index is 8.62. The first-order valence-corrected chi connectivity index (χ1v) is 6.15. The third kappa shape index (κ3) is 5.61. The van der Waals surface area contributed by atoms with Crippen LogP contribution in [0.3, 0.4) is 0 Å². The number of ether oxygens (including phenoxy) is 1. The van der Waals surface area contributed by atoms with Crippen LogP contribution in [0.1, 0.15) is 20.3 Å². The normalized spacial score (nSPS) is 9.32. The molecule has 19 heavy (non-hydrogen) atoms. The van der Waals surface area contributed by atoms with E-state index in [9.17, 15) is 0 Å². The number of rotatable bonds is 6. The summed E-state index contributed by atoms with van der Waals surface area (Å²) in [5.74, 6) is 1.38. The van der Waals surface area contributed by atoms with Gasteiger partial charge in [0.2, 0.25) is 0 Å². The van der Waals surface area contributed by atoms with Crippen LogP contribution in [0.4, 0.5) is 5.69 Å². The van der Waals surface area contributed by atoms with E-state index in [2.05, 4.69) is 19.2 Å². The number of anilines is 1. The van der Waals surface area contributed by atoms with Gasteiger partial charge in [-0.1, -0.05) is 19.9 Å². The van der Waals surface area contributed by atoms with E-state index in [0.29, 0.717) is 12.5 Å². The molecule has 4 heteroatoms. The maximum atomic E-state index is 8.62. The third-order valence-corrected chi connectivity index (χ3v) is 2.42. The smallest absolute Gasteiger partial charge is 0.145 e. The van der Waals surface area contributed by atoms with Crippen LogP contribution in [0.5, 0.6) is 5.75 Å². The van der Waals surface area contributed by atoms with Crippen molar-refractivity contribution in [1.82, 2.24) is 0 Å². The number of hydrogen-bond acceptors (Lipinski definition) is 4. The van der Waals surface area contributed by atoms with Gasteiger partial charge in [-0.15, -0.1) is 0 Å². The molecule has 0 aromatic heterocycles. The highest BCUT2D eigenvalue weighted by Crippen LogP contribution is 2.18. The van der Waals surface area contributed by atoms with Crippen molar-refractivity contribution in [3.8, 4) is 17.9 Å². The molecule has 0 saturated carbocycles. The van der Waals surface area contributed by atoms with E-state index in [1.54, 1.807) is 12.1 Å². The summed E-state index contributed by atoms with van der Waals surface area (Å²) >= 11 is 0. The molecule has 0 aliphatic carbocycles. The molecule has 1 N–H and O–H groups in total. The highest BCUT2D eigenvalue weighted by molar-refractivity contribution is 5.52. The molecule has 0 spiro atoms. The van der Waals surface area contributed by atoms with E-state index in [-0.39, 0.29) is 5.57 Å². The van der Waals surface area contributed by atoms with E-state index in [0.717, 1.165) is 17.9 Å². The topological polar surface area (TPSA) is 68.8 Å². The van der Waals surface area contributed by atoms with Gasteiger partial charge in [0.25, 0.3) is 0 Å². The van der Waals surface area contributed by atoms with Gasteiger partial charge in [0.15, 0.2) is 0 Å². The number of nitrogens with one attached hydrogen (secondary N) is 1. The second kappa shape index (κ2) is 7.79. The summed E-state index contributed by atoms with van der Waals surface area (Å²) in [4.78, 5) is 0. The fourth-order valence-corrected chi connectivity index (χ4v) is 1.33. The Kier molecular flexibility index (Phi) is 5.98. The SMILES string of the molecule is CC(C)CCOc1cccc(NC=C(C#N)C#N)c1. The molecule has 4 nitrogen and oxygen atoms in total. The lowest BCUT2D eigenvalue weighted by Crippen LogP contribution is -2.01. The lowest BCUT2D eigenvalue weighted by atomic mass is 10.1. The van der Waals surface area contributed by atoms with Crippen LogP contribution >= 0.6 is 0 Å². The molecule has 0 atom stereocenters. The first-order chi connectivity index (χ1) is 9.15. The van der Waals surface area contributed by atoms with Gasteiger partial charge in [0.05, 0.1) is 6.61 Å². The van der Waals surface area contributed by atoms with Gasteiger partial charge in [-0.05, 0) is 24.5 Å². The maximum Gasteiger partial charge on any atom is 0.145 e. The number of hydrogen-bond donors (Lipinski definition) is 1. The number of benzene rings is 1. The van der Waals surface area contributed by atoms with Gasteiger partial charge < -0.3 is 10.1 Å². The second-order valence-electron chi connectivity index (χ2n) is 4.48. The van der Waals surface area contributed by atoms with E-state index >= 15 is 0 Å². The number of nitrogens with zero attached hydrogens (tertiary/aromatic N) is 2. The van der Waals surface area contributed by atoms with Crippen LogP contribution in [0.25, 0.3) is 0 Å². The Morgan fingerprint density at radius 3 is 2.74 bits per heavy atom. The zero-order valence-electron chi connectivity index (χ0n) is 11.2. The van der Waals surface area contributed by atoms with E-state index in [4.69, 9.17) is 15.3 Å². The standard InChI is InChI=1S/C15H17N3O/c1-12(2)6-7-19-15-5-3-4-14(8-15)18-11-13(9-16)10-17/h3-5,8,11-12,18H,6-7H2,1-2H3. The quantitative estimate of drug-likeness (QED) is 0.790. The molecule has 0 aliphatic heterocycles. The molecule has 0 heterocycles. The van der Waals surface area contributed by atoms with Crippen molar-refractivity contribution in [2.75, 3.05) is 11.9 Å². The van der Waals surface area contributed by atoms with Gasteiger partial charge in [-0.25, -0.2) is 0 Å². The number of nitriles is 2. The Hall–Kier alpha value is -2.46. The lowest BCUT2D eigenvalue weighted by Gasteiger charge is -2.09. The van der Waals surface area contributed by atoms with Gasteiger partial charge in [-0.2, -0.15) is 10.5 Å². The van der Waals surface area contributed by atoms with Crippen molar-refractivity contribution in [3.05, 3.63) is 36.0 Å². The minimum Gasteiger partial charge on any atom is -0.494 e. The summed E-state index contributed by atoms with van der Waals surface area (Å²) in [6.45, 7) is 4.98. The molecule has 0 unspecified atom stereocenters. The van der Waals surface area contributed by atoms with Crippen molar-refractivity contribution >= 4 is 5.69 Å². The van der Waals surface area contributed by atoms with Gasteiger partial charge in [-0.3, -0.25) is 0 Å². The average Bonchev–Trinajstić information content (AvgIpc) is 2.40. The summed E-state index contributed by atoms with van der Waals surface area (Å²) in [6.07, 6.45) is 2.39. The molecule has 0 fully saturated rings. The van der Waals surface area contributed by atoms with Gasteiger partial charge in [0.1, 0.15) is 23.5 Å². The van der Waals surface area contributed by atoms with Crippen LogP contribution in [-0.2, 0) is 0 Å². The number of allylic oxidation sites excluding steroid dienone is 1. The largest absolute Gasteiger partial charge is 0.494 e. The molecule has 0 amide bonds. The molecule has 0 radical (unpaired) electrons. The van der Waals surface area contributed by atoms with Gasteiger partial charge in [0, 0.05) is 18.0 Å². The molecule has 0 saturated heterocycles. The first-order valence-electron chi connectivity index (χ1n) is 6.15. The zero-order valence-corrected chi connectivity index (χ0v) is 11.2. The highest BCUT2D eigenvalue weighted by Gasteiger charge is 1.98. The minimum atomic E-state index is 0.0335. The summed E-state index contributed by atoms with van der Waals surface area (Å²) in [7, 11) is 0. The second-order valence-corrected chi connectivity index (χ2v) is 4.48. The summed E-state index contributed by atoms with van der Waals surface area (Å²) < 4.78 is 5.63. The molecular formula is C15H17N3O. The molecule has 0 aliphatic rings. The molecule has 0 bridgehead atoms. The third-order valence-electron chi connectivity index (χ3n) is 2.42. The predicted octanol–water partition coefficient (Wildman–Crippen LogP) is 3.45. The van der Waals surface area contributed by atoms with Crippen molar-refractivity contribution in [1.29, 1.82) is 10.5 Å². The Labute approximate surface area is 113 Å². The lowest BCUT2D eigenvalue weighted by molar-refractivity contribution is 0.289. The van der Waals surface area contributed by atoms with Crippen molar-refractivity contribution in [2.45, 2.75) is 20.3 Å². The molecule has 1 aromatic rings. The Balaban J connectivity index is 2.60. The van der Waals surface area contributed by atoms with Crippen molar-refractivity contribution < 1.29 is 4.74 Å². The zero-order chi connectivity index (χ0) is 14.1. The van der Waals surface area contributed by atoms with E-state index in [1.807, 2.05) is 24.3 Å². The predicted molar refractivity (Wildman–Crippen MR) is 74.3 cm³/mol. The monoisotopic (exact) mass is 255 g/mol. The summed E-state index contributed by atoms with van der Waals surface area (Å²) in [6, 6.07) is 11.0. The fraction of sp³-hybridized carbons (Fsp3) is 0.333. The van der Waals surface area contributed by atoms with Crippen LogP contribution < -0.4 is 10.1 Å². The van der Waals surface area contributed by atoms with Crippen LogP contribution in [0.15, 0.2) is 36.0 Å². The molecule has 1 aromatic carbocycles. The minimum absolute atomic E-state index is 0.0335. The van der Waals surface area contributed by atoms with Crippen LogP contribution in [0, 0.1) is 28.6 Å². The van der Waals surface area contributed by atoms with Crippen molar-refractivity contribution in [2.24, 2.45) is 5.92 Å². The molecule has 1 rings (SSSR count). The van der Waals surface area contributed by atoms with E-state index in [1.165, 1.54) is 6.20 Å². The van der Waals surface area contributed by atoms with Crippen molar-refractivity contribution in [3.63, 3.8) is 0 Å².